The second-order valence-electron chi connectivity index (χ2n) is 4.73. The molecule has 0 spiro atoms. The van der Waals surface area contributed by atoms with Gasteiger partial charge in [-0.05, 0) is 18.6 Å². The fourth-order valence-corrected chi connectivity index (χ4v) is 2.47. The van der Waals surface area contributed by atoms with Gasteiger partial charge < -0.3 is 14.7 Å². The predicted molar refractivity (Wildman–Crippen MR) is 72.3 cm³/mol. The molecule has 6 nitrogen and oxygen atoms in total. The Balaban J connectivity index is 2.36. The van der Waals surface area contributed by atoms with Crippen LogP contribution in [0.15, 0.2) is 18.3 Å². The van der Waals surface area contributed by atoms with Crippen molar-refractivity contribution in [2.45, 2.75) is 19.4 Å². The lowest BCUT2D eigenvalue weighted by Crippen LogP contribution is -2.44. The first-order chi connectivity index (χ1) is 9.69. The van der Waals surface area contributed by atoms with Crippen LogP contribution >= 0.6 is 0 Å². The summed E-state index contributed by atoms with van der Waals surface area (Å²) >= 11 is 0. The maximum atomic E-state index is 11.3. The number of carbonyl (C=O) groups is 1. The first kappa shape index (κ1) is 14.3. The van der Waals surface area contributed by atoms with Gasteiger partial charge in [0.15, 0.2) is 0 Å². The monoisotopic (exact) mass is 275 g/mol. The molecular weight excluding hydrogens is 258 g/mol. The number of carboxylic acids is 1. The second kappa shape index (κ2) is 6.35. The lowest BCUT2D eigenvalue weighted by Gasteiger charge is -2.31. The molecule has 0 bridgehead atoms. The van der Waals surface area contributed by atoms with E-state index in [0.717, 1.165) is 6.42 Å². The Morgan fingerprint density at radius 3 is 3.10 bits per heavy atom. The summed E-state index contributed by atoms with van der Waals surface area (Å²) in [6.07, 6.45) is 2.45. The third-order valence-electron chi connectivity index (χ3n) is 3.41. The third kappa shape index (κ3) is 2.73. The predicted octanol–water partition coefficient (Wildman–Crippen LogP) is 1.27. The van der Waals surface area contributed by atoms with Crippen LogP contribution in [0.25, 0.3) is 0 Å². The SMILES string of the molecule is CCCN(c1ncccc1C#N)C1COCC1C(=O)O. The van der Waals surface area contributed by atoms with Gasteiger partial charge in [-0.15, -0.1) is 0 Å². The summed E-state index contributed by atoms with van der Waals surface area (Å²) in [6, 6.07) is 5.22. The lowest BCUT2D eigenvalue weighted by atomic mass is 10.0. The molecule has 0 aliphatic carbocycles. The summed E-state index contributed by atoms with van der Waals surface area (Å²) in [4.78, 5) is 17.5. The third-order valence-corrected chi connectivity index (χ3v) is 3.41. The van der Waals surface area contributed by atoms with Crippen molar-refractivity contribution in [2.24, 2.45) is 5.92 Å². The molecule has 1 fully saturated rings. The quantitative estimate of drug-likeness (QED) is 0.870. The molecule has 1 aliphatic heterocycles. The number of rotatable bonds is 5. The first-order valence-corrected chi connectivity index (χ1v) is 6.61. The molecule has 0 amide bonds. The van der Waals surface area contributed by atoms with Gasteiger partial charge in [0.2, 0.25) is 0 Å². The molecule has 1 aliphatic rings. The van der Waals surface area contributed by atoms with Gasteiger partial charge >= 0.3 is 5.97 Å². The van der Waals surface area contributed by atoms with Crippen molar-refractivity contribution in [3.8, 4) is 6.07 Å². The Morgan fingerprint density at radius 2 is 2.45 bits per heavy atom. The zero-order valence-corrected chi connectivity index (χ0v) is 11.3. The van der Waals surface area contributed by atoms with Crippen LogP contribution in [-0.4, -0.2) is 41.9 Å². The van der Waals surface area contributed by atoms with Gasteiger partial charge in [-0.1, -0.05) is 6.92 Å². The summed E-state index contributed by atoms with van der Waals surface area (Å²) in [5.74, 6) is -0.920. The fourth-order valence-electron chi connectivity index (χ4n) is 2.47. The van der Waals surface area contributed by atoms with Crippen molar-refractivity contribution in [2.75, 3.05) is 24.7 Å². The molecule has 2 rings (SSSR count). The maximum Gasteiger partial charge on any atom is 0.311 e. The molecule has 1 aromatic rings. The van der Waals surface area contributed by atoms with E-state index in [4.69, 9.17) is 4.74 Å². The smallest absolute Gasteiger partial charge is 0.311 e. The highest BCUT2D eigenvalue weighted by Crippen LogP contribution is 2.27. The van der Waals surface area contributed by atoms with Gasteiger partial charge in [0.25, 0.3) is 0 Å². The molecule has 0 aromatic carbocycles. The van der Waals surface area contributed by atoms with Crippen LogP contribution in [0.1, 0.15) is 18.9 Å². The van der Waals surface area contributed by atoms with E-state index in [-0.39, 0.29) is 12.6 Å². The summed E-state index contributed by atoms with van der Waals surface area (Å²) in [6.45, 7) is 3.20. The topological polar surface area (TPSA) is 86.5 Å². The summed E-state index contributed by atoms with van der Waals surface area (Å²) in [5.41, 5.74) is 0.456. The van der Waals surface area contributed by atoms with Crippen molar-refractivity contribution < 1.29 is 14.6 Å². The number of anilines is 1. The summed E-state index contributed by atoms with van der Waals surface area (Å²) in [5, 5.41) is 18.5. The zero-order valence-electron chi connectivity index (χ0n) is 11.3. The lowest BCUT2D eigenvalue weighted by molar-refractivity contribution is -0.142. The zero-order chi connectivity index (χ0) is 14.5. The van der Waals surface area contributed by atoms with Gasteiger partial charge in [0, 0.05) is 12.7 Å². The van der Waals surface area contributed by atoms with Crippen LogP contribution < -0.4 is 4.90 Å². The molecule has 2 unspecified atom stereocenters. The molecule has 1 aromatic heterocycles. The normalized spacial score (nSPS) is 21.4. The second-order valence-corrected chi connectivity index (χ2v) is 4.73. The number of aliphatic carboxylic acids is 1. The molecule has 0 saturated carbocycles. The van der Waals surface area contributed by atoms with E-state index in [1.165, 1.54) is 0 Å². The average molecular weight is 275 g/mol. The van der Waals surface area contributed by atoms with E-state index in [2.05, 4.69) is 11.1 Å². The van der Waals surface area contributed by atoms with Crippen molar-refractivity contribution in [3.63, 3.8) is 0 Å². The van der Waals surface area contributed by atoms with E-state index in [1.807, 2.05) is 11.8 Å². The van der Waals surface area contributed by atoms with E-state index in [1.54, 1.807) is 18.3 Å². The number of nitrogens with zero attached hydrogens (tertiary/aromatic N) is 3. The highest BCUT2D eigenvalue weighted by atomic mass is 16.5. The maximum absolute atomic E-state index is 11.3. The summed E-state index contributed by atoms with van der Waals surface area (Å²) in [7, 11) is 0. The minimum Gasteiger partial charge on any atom is -0.481 e. The van der Waals surface area contributed by atoms with Gasteiger partial charge in [-0.3, -0.25) is 4.79 Å². The number of hydrogen-bond donors (Lipinski definition) is 1. The largest absolute Gasteiger partial charge is 0.481 e. The van der Waals surface area contributed by atoms with E-state index < -0.39 is 11.9 Å². The average Bonchev–Trinajstić information content (AvgIpc) is 2.94. The van der Waals surface area contributed by atoms with Crippen LogP contribution in [0.5, 0.6) is 0 Å². The van der Waals surface area contributed by atoms with Gasteiger partial charge in [-0.25, -0.2) is 4.98 Å². The molecule has 2 atom stereocenters. The minimum absolute atomic E-state index is 0.203. The van der Waals surface area contributed by atoms with Gasteiger partial charge in [-0.2, -0.15) is 5.26 Å². The van der Waals surface area contributed by atoms with Gasteiger partial charge in [0.1, 0.15) is 17.8 Å². The van der Waals surface area contributed by atoms with E-state index >= 15 is 0 Å². The number of hydrogen-bond acceptors (Lipinski definition) is 5. The molecule has 6 heteroatoms. The Bertz CT molecular complexity index is 527. The van der Waals surface area contributed by atoms with Gasteiger partial charge in [0.05, 0.1) is 24.8 Å². The number of pyridine rings is 1. The molecule has 2 heterocycles. The molecule has 20 heavy (non-hydrogen) atoms. The number of aromatic nitrogens is 1. The molecule has 1 saturated heterocycles. The molecule has 0 radical (unpaired) electrons. The van der Waals surface area contributed by atoms with Crippen molar-refractivity contribution in [1.29, 1.82) is 5.26 Å². The number of ether oxygens (including phenoxy) is 1. The molecule has 106 valence electrons. The van der Waals surface area contributed by atoms with E-state index in [0.29, 0.717) is 24.5 Å². The van der Waals surface area contributed by atoms with Crippen LogP contribution in [0, 0.1) is 17.2 Å². The number of nitriles is 1. The standard InChI is InChI=1S/C14H17N3O3/c1-2-6-17(12-9-20-8-11(12)14(18)19)13-10(7-15)4-3-5-16-13/h3-5,11-12H,2,6,8-9H2,1H3,(H,18,19). The van der Waals surface area contributed by atoms with Crippen LogP contribution in [0.4, 0.5) is 5.82 Å². The Morgan fingerprint density at radius 1 is 1.65 bits per heavy atom. The van der Waals surface area contributed by atoms with Crippen LogP contribution in [-0.2, 0) is 9.53 Å². The minimum atomic E-state index is -0.872. The van der Waals surface area contributed by atoms with E-state index in [9.17, 15) is 15.2 Å². The highest BCUT2D eigenvalue weighted by Gasteiger charge is 2.38. The van der Waals surface area contributed by atoms with Crippen molar-refractivity contribution >= 4 is 11.8 Å². The van der Waals surface area contributed by atoms with Crippen molar-refractivity contribution in [1.82, 2.24) is 4.98 Å². The van der Waals surface area contributed by atoms with Crippen LogP contribution in [0.3, 0.4) is 0 Å². The van der Waals surface area contributed by atoms with Crippen LogP contribution in [0.2, 0.25) is 0 Å². The Labute approximate surface area is 117 Å². The fraction of sp³-hybridized carbons (Fsp3) is 0.500. The number of carboxylic acid groups (broad SMARTS) is 1. The molecular formula is C14H17N3O3. The Hall–Kier alpha value is -2.13. The van der Waals surface area contributed by atoms with Crippen molar-refractivity contribution in [3.05, 3.63) is 23.9 Å². The Kier molecular flexibility index (Phi) is 4.53. The summed E-state index contributed by atoms with van der Waals surface area (Å²) < 4.78 is 5.32. The molecule has 1 N–H and O–H groups in total. The first-order valence-electron chi connectivity index (χ1n) is 6.61. The highest BCUT2D eigenvalue weighted by molar-refractivity contribution is 5.72.